The minimum Gasteiger partial charge on any atom is -0.476 e. The number of benzene rings is 2. The lowest BCUT2D eigenvalue weighted by molar-refractivity contribution is 0.0437. The van der Waals surface area contributed by atoms with Crippen molar-refractivity contribution in [3.05, 3.63) is 70.8 Å². The Morgan fingerprint density at radius 3 is 2.58 bits per heavy atom. The maximum absolute atomic E-state index is 13.0. The van der Waals surface area contributed by atoms with E-state index in [4.69, 9.17) is 15.9 Å². The zero-order valence-corrected chi connectivity index (χ0v) is 20.0. The molecule has 2 aromatic carbocycles. The molecule has 2 aromatic rings. The highest BCUT2D eigenvalue weighted by Crippen LogP contribution is 2.20. The Hall–Kier alpha value is -3.01. The molecule has 9 heteroatoms. The summed E-state index contributed by atoms with van der Waals surface area (Å²) in [5.74, 6) is -0.229. The Kier molecular flexibility index (Phi) is 8.01. The van der Waals surface area contributed by atoms with Crippen molar-refractivity contribution in [1.82, 2.24) is 9.80 Å². The predicted molar refractivity (Wildman–Crippen MR) is 131 cm³/mol. The average Bonchev–Trinajstić information content (AvgIpc) is 2.78. The molecule has 1 saturated heterocycles. The molecule has 1 fully saturated rings. The smallest absolute Gasteiger partial charge is 0.254 e. The second-order valence-electron chi connectivity index (χ2n) is 8.25. The number of carbonyl (C=O) groups is 1. The van der Waals surface area contributed by atoms with Crippen LogP contribution in [0.2, 0.25) is 0 Å². The van der Waals surface area contributed by atoms with Crippen LogP contribution in [0, 0.1) is 19.3 Å². The zero-order chi connectivity index (χ0) is 24.1. The number of likely N-dealkylation sites (N-methyl/N-ethyl adjacent to an activating group) is 1. The van der Waals surface area contributed by atoms with E-state index in [9.17, 15) is 13.6 Å². The fourth-order valence-electron chi connectivity index (χ4n) is 3.96. The Morgan fingerprint density at radius 1 is 1.24 bits per heavy atom. The number of hydrogen-bond acceptors (Lipinski definition) is 6. The van der Waals surface area contributed by atoms with Gasteiger partial charge in [-0.25, -0.2) is 0 Å². The number of carbonyl (C=O) groups excluding carboxylic acids is 1. The fourth-order valence-corrected chi connectivity index (χ4v) is 4.42. The zero-order valence-electron chi connectivity index (χ0n) is 19.1. The van der Waals surface area contributed by atoms with Crippen molar-refractivity contribution in [1.29, 1.82) is 5.41 Å². The number of amides is 1. The lowest BCUT2D eigenvalue weighted by Crippen LogP contribution is -2.55. The van der Waals surface area contributed by atoms with E-state index in [1.165, 1.54) is 18.2 Å². The van der Waals surface area contributed by atoms with E-state index in [1.54, 1.807) is 17.0 Å². The summed E-state index contributed by atoms with van der Waals surface area (Å²) >= 11 is -2.50. The predicted octanol–water partition coefficient (Wildman–Crippen LogP) is 2.58. The van der Waals surface area contributed by atoms with E-state index in [0.29, 0.717) is 30.9 Å². The van der Waals surface area contributed by atoms with Gasteiger partial charge in [0.15, 0.2) is 4.90 Å². The van der Waals surface area contributed by atoms with E-state index < -0.39 is 11.1 Å². The normalized spacial score (nSPS) is 18.1. The highest BCUT2D eigenvalue weighted by Gasteiger charge is 2.29. The molecule has 0 spiro atoms. The maximum atomic E-state index is 13.0. The quantitative estimate of drug-likeness (QED) is 0.258. The molecule has 3 rings (SSSR count). The SMILES string of the molecule is Cc1cccc(C)c1/C(N)=C/C(=N)OCC1CN(C(=O)c2cccc([SH+](=O)O)c2)CCN1C. The molecule has 33 heavy (non-hydrogen) atoms. The minimum atomic E-state index is -2.50. The van der Waals surface area contributed by atoms with Gasteiger partial charge in [0.05, 0.1) is 6.04 Å². The third-order valence-corrected chi connectivity index (χ3v) is 6.59. The molecule has 2 unspecified atom stereocenters. The van der Waals surface area contributed by atoms with Crippen LogP contribution in [-0.4, -0.2) is 65.5 Å². The Bertz CT molecular complexity index is 1080. The number of aryl methyl sites for hydroxylation is 2. The summed E-state index contributed by atoms with van der Waals surface area (Å²) in [5, 5.41) is 8.20. The van der Waals surface area contributed by atoms with Gasteiger partial charge in [-0.1, -0.05) is 28.5 Å². The van der Waals surface area contributed by atoms with Gasteiger partial charge in [-0.05, 0) is 44.2 Å². The van der Waals surface area contributed by atoms with Crippen LogP contribution in [0.3, 0.4) is 0 Å². The van der Waals surface area contributed by atoms with Crippen LogP contribution < -0.4 is 5.73 Å². The first-order chi connectivity index (χ1) is 15.7. The van der Waals surface area contributed by atoms with E-state index in [0.717, 1.165) is 16.7 Å². The van der Waals surface area contributed by atoms with Gasteiger partial charge in [0.1, 0.15) is 6.61 Å². The van der Waals surface area contributed by atoms with E-state index >= 15 is 0 Å². The Morgan fingerprint density at radius 2 is 1.91 bits per heavy atom. The monoisotopic (exact) mass is 471 g/mol. The maximum Gasteiger partial charge on any atom is 0.254 e. The first kappa shape index (κ1) is 24.6. The Balaban J connectivity index is 1.64. The van der Waals surface area contributed by atoms with Crippen molar-refractivity contribution in [3.63, 3.8) is 0 Å². The van der Waals surface area contributed by atoms with Crippen LogP contribution in [0.15, 0.2) is 53.4 Å². The molecule has 0 aromatic heterocycles. The molecule has 1 heterocycles. The second kappa shape index (κ2) is 10.7. The third-order valence-electron chi connectivity index (χ3n) is 5.87. The van der Waals surface area contributed by atoms with Gasteiger partial charge in [0, 0.05) is 48.6 Å². The van der Waals surface area contributed by atoms with Gasteiger partial charge in [0.2, 0.25) is 17.0 Å². The molecule has 4 N–H and O–H groups in total. The van der Waals surface area contributed by atoms with Crippen LogP contribution in [-0.2, 0) is 20.0 Å². The van der Waals surface area contributed by atoms with Crippen LogP contribution in [0.1, 0.15) is 27.0 Å². The first-order valence-corrected chi connectivity index (χ1v) is 11.9. The summed E-state index contributed by atoms with van der Waals surface area (Å²) in [5.41, 5.74) is 10.1. The molecule has 176 valence electrons. The standard InChI is InChI=1S/C24H30N4O4S/c1-16-6-4-7-17(2)23(16)21(25)13-22(26)32-15-19-14-28(11-10-27(19)3)24(29)18-8-5-9-20(12-18)33(30)31/h4-9,12-13,19,26H,10-11,14-15,25H2,1-3H3,(H,30,31)/p+1/b21-13-,26-22?. The molecular weight excluding hydrogens is 440 g/mol. The van der Waals surface area contributed by atoms with Crippen molar-refractivity contribution in [3.8, 4) is 0 Å². The lowest BCUT2D eigenvalue weighted by Gasteiger charge is -2.39. The van der Waals surface area contributed by atoms with Crippen molar-refractivity contribution >= 4 is 28.6 Å². The molecular formula is C24H31N4O4S+. The third kappa shape index (κ3) is 6.07. The van der Waals surface area contributed by atoms with Crippen LogP contribution in [0.25, 0.3) is 5.70 Å². The number of piperazine rings is 1. The summed E-state index contributed by atoms with van der Waals surface area (Å²) < 4.78 is 26.4. The molecule has 1 aliphatic rings. The molecule has 0 aliphatic carbocycles. The lowest BCUT2D eigenvalue weighted by atomic mass is 10.00. The van der Waals surface area contributed by atoms with Crippen molar-refractivity contribution in [2.75, 3.05) is 33.3 Å². The Labute approximate surface area is 196 Å². The highest BCUT2D eigenvalue weighted by molar-refractivity contribution is 7.79. The summed E-state index contributed by atoms with van der Waals surface area (Å²) in [4.78, 5) is 17.0. The topological polar surface area (TPSA) is 120 Å². The van der Waals surface area contributed by atoms with Crippen LogP contribution in [0.5, 0.6) is 0 Å². The molecule has 1 aliphatic heterocycles. The number of thiol groups is 1. The van der Waals surface area contributed by atoms with Crippen LogP contribution in [0.4, 0.5) is 0 Å². The summed E-state index contributed by atoms with van der Waals surface area (Å²) in [6.07, 6.45) is 1.52. The number of nitrogens with two attached hydrogens (primary N) is 1. The summed E-state index contributed by atoms with van der Waals surface area (Å²) in [7, 11) is 1.96. The molecule has 0 radical (unpaired) electrons. The van der Waals surface area contributed by atoms with Crippen molar-refractivity contribution in [2.45, 2.75) is 24.8 Å². The summed E-state index contributed by atoms with van der Waals surface area (Å²) in [6, 6.07) is 12.1. The largest absolute Gasteiger partial charge is 0.476 e. The number of ether oxygens (including phenoxy) is 1. The molecule has 0 saturated carbocycles. The molecule has 2 atom stereocenters. The molecule has 1 amide bonds. The second-order valence-corrected chi connectivity index (χ2v) is 9.31. The summed E-state index contributed by atoms with van der Waals surface area (Å²) in [6.45, 7) is 5.81. The fraction of sp³-hybridized carbons (Fsp3) is 0.333. The van der Waals surface area contributed by atoms with E-state index in [2.05, 4.69) is 4.90 Å². The van der Waals surface area contributed by atoms with Gasteiger partial charge in [-0.15, -0.1) is 0 Å². The van der Waals surface area contributed by atoms with Crippen molar-refractivity contribution < 1.29 is 18.3 Å². The number of nitrogens with zero attached hydrogens (tertiary/aromatic N) is 2. The van der Waals surface area contributed by atoms with E-state index in [-0.39, 0.29) is 29.3 Å². The first-order valence-electron chi connectivity index (χ1n) is 10.7. The number of nitrogens with one attached hydrogen (secondary N) is 1. The number of rotatable bonds is 6. The van der Waals surface area contributed by atoms with Gasteiger partial charge >= 0.3 is 0 Å². The highest BCUT2D eigenvalue weighted by atomic mass is 32.2. The minimum absolute atomic E-state index is 0.0357. The van der Waals surface area contributed by atoms with E-state index in [1.807, 2.05) is 39.1 Å². The van der Waals surface area contributed by atoms with Gasteiger partial charge in [0.25, 0.3) is 5.91 Å². The molecule has 0 bridgehead atoms. The van der Waals surface area contributed by atoms with Crippen LogP contribution >= 0.6 is 0 Å². The van der Waals surface area contributed by atoms with Gasteiger partial charge < -0.3 is 15.4 Å². The number of hydrogen-bond donors (Lipinski definition) is 3. The average molecular weight is 472 g/mol. The molecule has 8 nitrogen and oxygen atoms in total. The van der Waals surface area contributed by atoms with Gasteiger partial charge in [-0.2, -0.15) is 4.55 Å². The van der Waals surface area contributed by atoms with Crippen molar-refractivity contribution in [2.24, 2.45) is 5.73 Å². The van der Waals surface area contributed by atoms with Gasteiger partial charge in [-0.3, -0.25) is 15.1 Å².